The van der Waals surface area contributed by atoms with Crippen molar-refractivity contribution >= 4 is 17.7 Å². The quantitative estimate of drug-likeness (QED) is 0.289. The van der Waals surface area contributed by atoms with Crippen LogP contribution < -0.4 is 0 Å². The van der Waals surface area contributed by atoms with Gasteiger partial charge >= 0.3 is 23.2 Å². The van der Waals surface area contributed by atoms with Crippen LogP contribution in [0.5, 0.6) is 0 Å². The lowest BCUT2D eigenvalue weighted by atomic mass is 10.2. The van der Waals surface area contributed by atoms with Crippen molar-refractivity contribution < 1.29 is 44.9 Å². The Bertz CT molecular complexity index is 859. The molecule has 0 aliphatic rings. The predicted molar refractivity (Wildman–Crippen MR) is 94.8 cm³/mol. The lowest BCUT2D eigenvalue weighted by molar-refractivity contribution is -0.0510. The molecule has 7 nitrogen and oxygen atoms in total. The lowest BCUT2D eigenvalue weighted by Crippen LogP contribution is -2.21. The highest BCUT2D eigenvalue weighted by molar-refractivity contribution is 7.86. The first-order chi connectivity index (χ1) is 13.0. The van der Waals surface area contributed by atoms with Gasteiger partial charge in [-0.15, -0.1) is 0 Å². The van der Waals surface area contributed by atoms with Gasteiger partial charge in [0.2, 0.25) is 0 Å². The first kappa shape index (κ1) is 24.3. The summed E-state index contributed by atoms with van der Waals surface area (Å²) in [4.78, 5) is 0. The Morgan fingerprint density at radius 3 is 1.71 bits per heavy atom. The van der Waals surface area contributed by atoms with Crippen LogP contribution in [0, 0.1) is 0 Å². The molecule has 2 rings (SSSR count). The van der Waals surface area contributed by atoms with E-state index in [-0.39, 0.29) is 12.8 Å². The molecular formula is C16H18F3O7PS. The van der Waals surface area contributed by atoms with Gasteiger partial charge in [-0.2, -0.15) is 21.6 Å². The molecule has 2 aromatic rings. The molecule has 0 saturated heterocycles. The van der Waals surface area contributed by atoms with E-state index in [9.17, 15) is 17.7 Å². The van der Waals surface area contributed by atoms with Crippen LogP contribution in [0.15, 0.2) is 60.7 Å². The van der Waals surface area contributed by atoms with E-state index in [1.165, 1.54) is 0 Å². The molecule has 0 aliphatic carbocycles. The van der Waals surface area contributed by atoms with Crippen molar-refractivity contribution in [1.82, 2.24) is 0 Å². The van der Waals surface area contributed by atoms with Gasteiger partial charge in [-0.25, -0.2) is 0 Å². The number of hydrogen-bond acceptors (Lipinski definition) is 6. The number of alkyl halides is 3. The van der Waals surface area contributed by atoms with Crippen LogP contribution in [0.3, 0.4) is 0 Å². The Morgan fingerprint density at radius 1 is 0.893 bits per heavy atom. The smallest absolute Gasteiger partial charge is 0.370 e. The van der Waals surface area contributed by atoms with Crippen molar-refractivity contribution in [2.24, 2.45) is 0 Å². The monoisotopic (exact) mass is 442 g/mol. The Hall–Kier alpha value is -1.75. The molecule has 28 heavy (non-hydrogen) atoms. The van der Waals surface area contributed by atoms with E-state index < -0.39 is 30.0 Å². The number of aliphatic hydroxyl groups is 1. The van der Waals surface area contributed by atoms with Gasteiger partial charge in [0.25, 0.3) is 0 Å². The maximum Gasteiger partial charge on any atom is 0.522 e. The molecule has 0 amide bonds. The highest BCUT2D eigenvalue weighted by Crippen LogP contribution is 2.51. The van der Waals surface area contributed by atoms with Crippen molar-refractivity contribution in [3.05, 3.63) is 71.8 Å². The third kappa shape index (κ3) is 8.96. The van der Waals surface area contributed by atoms with Crippen LogP contribution in [0.25, 0.3) is 0 Å². The maximum absolute atomic E-state index is 12.6. The summed E-state index contributed by atoms with van der Waals surface area (Å²) in [6.45, 7) is -0.441. The van der Waals surface area contributed by atoms with Crippen molar-refractivity contribution in [2.45, 2.75) is 18.3 Å². The van der Waals surface area contributed by atoms with Crippen molar-refractivity contribution in [3.8, 4) is 0 Å². The summed E-state index contributed by atoms with van der Waals surface area (Å²) in [5.41, 5.74) is -3.79. The number of rotatable bonds is 7. The van der Waals surface area contributed by atoms with Gasteiger partial charge < -0.3 is 9.63 Å². The Kier molecular flexibility index (Phi) is 9.28. The average molecular weight is 442 g/mol. The van der Waals surface area contributed by atoms with Gasteiger partial charge in [0.05, 0.1) is 12.8 Å². The molecule has 156 valence electrons. The molecule has 12 heteroatoms. The van der Waals surface area contributed by atoms with Crippen LogP contribution in [0.2, 0.25) is 0 Å². The normalized spacial score (nSPS) is 13.9. The van der Waals surface area contributed by atoms with Crippen LogP contribution in [-0.2, 0) is 36.5 Å². The fourth-order valence-electron chi connectivity index (χ4n) is 1.77. The second-order valence-corrected chi connectivity index (χ2v) is 8.66. The summed E-state index contributed by atoms with van der Waals surface area (Å²) in [6, 6.07) is 18.7. The fraction of sp³-hybridized carbons (Fsp3) is 0.250. The molecule has 0 aromatic heterocycles. The minimum atomic E-state index is -5.84. The highest BCUT2D eigenvalue weighted by atomic mass is 32.2. The van der Waals surface area contributed by atoms with Crippen LogP contribution >= 0.6 is 7.60 Å². The maximum atomic E-state index is 12.6. The van der Waals surface area contributed by atoms with E-state index in [0.717, 1.165) is 11.1 Å². The Balaban J connectivity index is 0.000000416. The summed E-state index contributed by atoms with van der Waals surface area (Å²) in [5.74, 6) is 0. The van der Waals surface area contributed by atoms with E-state index in [1.54, 1.807) is 0 Å². The molecule has 0 bridgehead atoms. The topological polar surface area (TPSA) is 110 Å². The Morgan fingerprint density at radius 2 is 1.32 bits per heavy atom. The SMILES string of the molecule is O=P(Cc1ccccc1)(OCO)OCc1ccccc1.O=S(=O)(O)C(F)(F)F. The van der Waals surface area contributed by atoms with Gasteiger partial charge in [0.1, 0.15) is 0 Å². The largest absolute Gasteiger partial charge is 0.522 e. The van der Waals surface area contributed by atoms with Crippen molar-refractivity contribution in [3.63, 3.8) is 0 Å². The third-order valence-electron chi connectivity index (χ3n) is 3.04. The standard InChI is InChI=1S/C15H17O4P.CHF3O3S/c16-13-19-20(17,12-15-9-5-2-6-10-15)18-11-14-7-3-1-4-8-14;2-1(3,4)8(5,6)7/h1-10,16H,11-13H2;(H,5,6,7). The zero-order valence-corrected chi connectivity index (χ0v) is 16.0. The summed E-state index contributed by atoms with van der Waals surface area (Å²) in [5, 5.41) is 8.90. The minimum Gasteiger partial charge on any atom is -0.370 e. The van der Waals surface area contributed by atoms with E-state index in [2.05, 4.69) is 0 Å². The first-order valence-corrected chi connectivity index (χ1v) is 10.7. The average Bonchev–Trinajstić information content (AvgIpc) is 2.61. The van der Waals surface area contributed by atoms with E-state index >= 15 is 0 Å². The zero-order valence-electron chi connectivity index (χ0n) is 14.3. The van der Waals surface area contributed by atoms with E-state index in [1.807, 2.05) is 60.7 Å². The van der Waals surface area contributed by atoms with E-state index in [0.29, 0.717) is 0 Å². The van der Waals surface area contributed by atoms with Gasteiger partial charge in [0.15, 0.2) is 6.79 Å². The molecule has 0 aliphatic heterocycles. The highest BCUT2D eigenvalue weighted by Gasteiger charge is 2.44. The lowest BCUT2D eigenvalue weighted by Gasteiger charge is -2.17. The second kappa shape index (κ2) is 10.7. The summed E-state index contributed by atoms with van der Waals surface area (Å²) >= 11 is 0. The molecule has 2 aromatic carbocycles. The van der Waals surface area contributed by atoms with Gasteiger partial charge in [-0.3, -0.25) is 13.6 Å². The molecule has 0 fully saturated rings. The second-order valence-electron chi connectivity index (χ2n) is 5.19. The molecule has 2 N–H and O–H groups in total. The van der Waals surface area contributed by atoms with Gasteiger partial charge in [0, 0.05) is 0 Å². The van der Waals surface area contributed by atoms with Crippen LogP contribution in [0.4, 0.5) is 13.2 Å². The zero-order chi connectivity index (χ0) is 21.3. The minimum absolute atomic E-state index is 0.140. The fourth-order valence-corrected chi connectivity index (χ4v) is 3.21. The van der Waals surface area contributed by atoms with E-state index in [4.69, 9.17) is 27.1 Å². The molecular weight excluding hydrogens is 424 g/mol. The first-order valence-electron chi connectivity index (χ1n) is 7.57. The van der Waals surface area contributed by atoms with Crippen LogP contribution in [-0.4, -0.2) is 30.4 Å². The summed E-state index contributed by atoms with van der Waals surface area (Å²) in [7, 11) is -9.20. The van der Waals surface area contributed by atoms with Crippen molar-refractivity contribution in [2.75, 3.05) is 6.79 Å². The molecule has 0 heterocycles. The number of halogens is 3. The molecule has 0 spiro atoms. The Labute approximate surface area is 160 Å². The molecule has 1 unspecified atom stereocenters. The number of aliphatic hydroxyl groups excluding tert-OH is 1. The molecule has 1 atom stereocenters. The van der Waals surface area contributed by atoms with Gasteiger partial charge in [-0.05, 0) is 11.1 Å². The predicted octanol–water partition coefficient (Wildman–Crippen LogP) is 3.96. The summed E-state index contributed by atoms with van der Waals surface area (Å²) in [6.07, 6.45) is 0.140. The molecule has 0 saturated carbocycles. The van der Waals surface area contributed by atoms with Gasteiger partial charge in [-0.1, -0.05) is 60.7 Å². The summed E-state index contributed by atoms with van der Waals surface area (Å²) < 4.78 is 80.5. The third-order valence-corrected chi connectivity index (χ3v) is 5.41. The van der Waals surface area contributed by atoms with Crippen LogP contribution in [0.1, 0.15) is 11.1 Å². The molecule has 0 radical (unpaired) electrons. The van der Waals surface area contributed by atoms with Crippen molar-refractivity contribution in [1.29, 1.82) is 0 Å². The number of hydrogen-bond donors (Lipinski definition) is 2. The number of benzene rings is 2.